The summed E-state index contributed by atoms with van der Waals surface area (Å²) in [6.45, 7) is 1.99. The number of hydrogen-bond acceptors (Lipinski definition) is 4. The van der Waals surface area contributed by atoms with Gasteiger partial charge in [0.2, 0.25) is 0 Å². The molecular formula is C7H13O4Sm-. The zero-order chi connectivity index (χ0) is 8.43. The van der Waals surface area contributed by atoms with Crippen LogP contribution in [0.3, 0.4) is 0 Å². The average Bonchev–Trinajstić information content (AvgIpc) is 2.19. The van der Waals surface area contributed by atoms with Crippen molar-refractivity contribution in [3.63, 3.8) is 0 Å². The van der Waals surface area contributed by atoms with Gasteiger partial charge >= 0.3 is 0 Å². The van der Waals surface area contributed by atoms with Gasteiger partial charge in [0.25, 0.3) is 0 Å². The van der Waals surface area contributed by atoms with Crippen LogP contribution in [0.2, 0.25) is 0 Å². The summed E-state index contributed by atoms with van der Waals surface area (Å²) in [6.07, 6.45) is -1.71. The normalized spacial score (nSPS) is 36.5. The molecule has 0 aliphatic carbocycles. The van der Waals surface area contributed by atoms with Crippen molar-refractivity contribution in [2.45, 2.75) is 25.2 Å². The second-order valence-corrected chi connectivity index (χ2v) is 2.64. The molecule has 0 aromatic heterocycles. The fourth-order valence-corrected chi connectivity index (χ4v) is 1.13. The van der Waals surface area contributed by atoms with Gasteiger partial charge in [0, 0.05) is 47.5 Å². The largest absolute Gasteiger partial charge is 0.558 e. The fraction of sp³-hybridized carbons (Fsp3) is 0.857. The minimum Gasteiger partial charge on any atom is -0.558 e. The summed E-state index contributed by atoms with van der Waals surface area (Å²) in [5, 5.41) is 18.4. The first kappa shape index (κ1) is 13.2. The molecule has 2 N–H and O–H groups in total. The van der Waals surface area contributed by atoms with Gasteiger partial charge in [-0.3, -0.25) is 0 Å². The number of hydrogen-bond donors (Lipinski definition) is 2. The molecule has 0 radical (unpaired) electrons. The molecule has 0 unspecified atom stereocenters. The Labute approximate surface area is 104 Å². The van der Waals surface area contributed by atoms with Crippen LogP contribution in [0.15, 0.2) is 0 Å². The standard InChI is InChI=1S/C7H13O4.Sm/c1-4-6(8)7(9)5(11-4)3-10-2;/h4-5,7-9H,3H2,1-2H3;/q-1;/t4-,5-,7-;/m1./s1. The van der Waals surface area contributed by atoms with E-state index in [1.165, 1.54) is 7.11 Å². The molecule has 0 aromatic carbocycles. The van der Waals surface area contributed by atoms with Crippen molar-refractivity contribution < 1.29 is 60.1 Å². The summed E-state index contributed by atoms with van der Waals surface area (Å²) in [7, 11) is 1.52. The van der Waals surface area contributed by atoms with Crippen LogP contribution in [-0.4, -0.2) is 42.2 Å². The van der Waals surface area contributed by atoms with Gasteiger partial charge in [-0.05, 0) is 12.2 Å². The molecule has 72 valence electrons. The molecule has 4 nitrogen and oxygen atoms in total. The maximum Gasteiger partial charge on any atom is 0.0779 e. The minimum absolute atomic E-state index is 0. The maximum atomic E-state index is 9.27. The molecule has 1 rings (SSSR count). The van der Waals surface area contributed by atoms with Crippen molar-refractivity contribution in [3.8, 4) is 0 Å². The van der Waals surface area contributed by atoms with Gasteiger partial charge in [-0.1, -0.05) is 6.92 Å². The molecule has 1 fully saturated rings. The zero-order valence-corrected chi connectivity index (χ0v) is 9.68. The Morgan fingerprint density at radius 3 is 2.50 bits per heavy atom. The van der Waals surface area contributed by atoms with Gasteiger partial charge in [-0.2, -0.15) is 0 Å². The SMILES string of the molecule is COC[C@H]1O[C@H](C)[C-](O)[C@@H]1O.[Sm]. The van der Waals surface area contributed by atoms with E-state index >= 15 is 0 Å². The number of aliphatic hydroxyl groups excluding tert-OH is 2. The topological polar surface area (TPSA) is 58.9 Å². The molecule has 0 amide bonds. The Morgan fingerprint density at radius 2 is 2.17 bits per heavy atom. The van der Waals surface area contributed by atoms with E-state index in [4.69, 9.17) is 14.6 Å². The summed E-state index contributed by atoms with van der Waals surface area (Å²) in [5.41, 5.74) is 0. The van der Waals surface area contributed by atoms with E-state index in [2.05, 4.69) is 0 Å². The Balaban J connectivity index is 0.00000121. The molecule has 0 saturated carbocycles. The van der Waals surface area contributed by atoms with Crippen LogP contribution in [0.25, 0.3) is 0 Å². The van der Waals surface area contributed by atoms with E-state index in [1.54, 1.807) is 6.92 Å². The molecule has 1 heterocycles. The van der Waals surface area contributed by atoms with Crippen molar-refractivity contribution in [2.75, 3.05) is 13.7 Å². The van der Waals surface area contributed by atoms with Gasteiger partial charge < -0.3 is 19.7 Å². The van der Waals surface area contributed by atoms with Crippen molar-refractivity contribution in [1.29, 1.82) is 0 Å². The van der Waals surface area contributed by atoms with Gasteiger partial charge in [-0.25, -0.2) is 0 Å². The second kappa shape index (κ2) is 5.81. The molecule has 1 saturated heterocycles. The van der Waals surface area contributed by atoms with Crippen LogP contribution >= 0.6 is 0 Å². The molecule has 5 heteroatoms. The molecule has 0 bridgehead atoms. The van der Waals surface area contributed by atoms with Crippen molar-refractivity contribution in [1.82, 2.24) is 0 Å². The number of aliphatic hydroxyl groups is 2. The third-order valence-corrected chi connectivity index (χ3v) is 1.78. The zero-order valence-electron chi connectivity index (χ0n) is 7.06. The summed E-state index contributed by atoms with van der Waals surface area (Å²) >= 11 is 0. The number of ether oxygens (including phenoxy) is 2. The first-order chi connectivity index (χ1) is 5.16. The van der Waals surface area contributed by atoms with Gasteiger partial charge in [0.05, 0.1) is 12.7 Å². The van der Waals surface area contributed by atoms with Crippen LogP contribution < -0.4 is 0 Å². The monoisotopic (exact) mass is 313 g/mol. The van der Waals surface area contributed by atoms with Gasteiger partial charge in [0.15, 0.2) is 0 Å². The van der Waals surface area contributed by atoms with Crippen molar-refractivity contribution in [2.24, 2.45) is 0 Å². The quantitative estimate of drug-likeness (QED) is 0.687. The molecule has 0 spiro atoms. The predicted molar refractivity (Wildman–Crippen MR) is 37.4 cm³/mol. The van der Waals surface area contributed by atoms with Crippen LogP contribution in [-0.2, 0) is 9.47 Å². The number of rotatable bonds is 2. The van der Waals surface area contributed by atoms with E-state index in [0.717, 1.165) is 0 Å². The Hall–Kier alpha value is 1.18. The summed E-state index contributed by atoms with van der Waals surface area (Å²) in [6, 6.07) is 0. The van der Waals surface area contributed by atoms with Gasteiger partial charge in [0.1, 0.15) is 0 Å². The molecule has 0 aromatic rings. The van der Waals surface area contributed by atoms with Crippen LogP contribution in [0.5, 0.6) is 0 Å². The molecule has 3 atom stereocenters. The van der Waals surface area contributed by atoms with Crippen molar-refractivity contribution >= 4 is 0 Å². The van der Waals surface area contributed by atoms with E-state index in [0.29, 0.717) is 6.61 Å². The minimum atomic E-state index is -0.898. The predicted octanol–water partition coefficient (Wildman–Crippen LogP) is -0.315. The molecule has 1 aliphatic rings. The van der Waals surface area contributed by atoms with Crippen LogP contribution in [0, 0.1) is 46.5 Å². The van der Waals surface area contributed by atoms with Gasteiger partial charge in [-0.15, -0.1) is 6.10 Å². The van der Waals surface area contributed by atoms with Crippen molar-refractivity contribution in [3.05, 3.63) is 6.10 Å². The van der Waals surface area contributed by atoms with Crippen LogP contribution in [0.4, 0.5) is 0 Å². The fourth-order valence-electron chi connectivity index (χ4n) is 1.13. The molecule has 1 aliphatic heterocycles. The maximum absolute atomic E-state index is 9.27. The van der Waals surface area contributed by atoms with E-state index in [1.807, 2.05) is 0 Å². The third-order valence-electron chi connectivity index (χ3n) is 1.78. The van der Waals surface area contributed by atoms with E-state index < -0.39 is 12.2 Å². The summed E-state index contributed by atoms with van der Waals surface area (Å²) in [5.74, 6) is 0. The Morgan fingerprint density at radius 1 is 1.58 bits per heavy atom. The first-order valence-electron chi connectivity index (χ1n) is 3.55. The second-order valence-electron chi connectivity index (χ2n) is 2.64. The van der Waals surface area contributed by atoms with E-state index in [-0.39, 0.29) is 52.6 Å². The molecular weight excluding hydrogens is 298 g/mol. The van der Waals surface area contributed by atoms with E-state index in [9.17, 15) is 5.11 Å². The third kappa shape index (κ3) is 2.84. The summed E-state index contributed by atoms with van der Waals surface area (Å²) in [4.78, 5) is 0. The van der Waals surface area contributed by atoms with Crippen LogP contribution in [0.1, 0.15) is 6.92 Å². The average molecular weight is 312 g/mol. The summed E-state index contributed by atoms with van der Waals surface area (Å²) < 4.78 is 9.95. The smallest absolute Gasteiger partial charge is 0.0779 e. The Bertz CT molecular complexity index is 133. The molecule has 12 heavy (non-hydrogen) atoms. The Kier molecular flexibility index (Phi) is 6.38. The number of methoxy groups -OCH3 is 1. The first-order valence-corrected chi connectivity index (χ1v) is 3.55.